The van der Waals surface area contributed by atoms with Gasteiger partial charge in [0.05, 0.1) is 17.8 Å². The van der Waals surface area contributed by atoms with Gasteiger partial charge in [-0.15, -0.1) is 0 Å². The molecule has 1 N–H and O–H groups in total. The predicted octanol–water partition coefficient (Wildman–Crippen LogP) is 3.11. The zero-order valence-electron chi connectivity index (χ0n) is 14.8. The van der Waals surface area contributed by atoms with E-state index < -0.39 is 0 Å². The first-order chi connectivity index (χ1) is 12.1. The number of aromatic nitrogens is 2. The summed E-state index contributed by atoms with van der Waals surface area (Å²) >= 11 is 6.45. The highest BCUT2D eigenvalue weighted by Gasteiger charge is 2.25. The third-order valence-corrected chi connectivity index (χ3v) is 5.26. The second kappa shape index (κ2) is 8.02. The fraction of sp³-hybridized carbons (Fsp3) is 0.474. The second-order valence-corrected chi connectivity index (χ2v) is 6.89. The number of hydrogen-bond donors (Lipinski definition) is 1. The molecule has 1 aliphatic rings. The van der Waals surface area contributed by atoms with Gasteiger partial charge in [0, 0.05) is 12.6 Å². The van der Waals surface area contributed by atoms with E-state index in [1.165, 1.54) is 6.42 Å². The van der Waals surface area contributed by atoms with Crippen LogP contribution in [0.3, 0.4) is 0 Å². The highest BCUT2D eigenvalue weighted by molar-refractivity contribution is 6.33. The predicted molar refractivity (Wildman–Crippen MR) is 100 cm³/mol. The molecule has 0 radical (unpaired) electrons. The Hall–Kier alpha value is -1.85. The van der Waals surface area contributed by atoms with E-state index in [1.807, 2.05) is 37.3 Å². The Morgan fingerprint density at radius 1 is 1.36 bits per heavy atom. The van der Waals surface area contributed by atoms with E-state index in [2.05, 4.69) is 22.2 Å². The average molecular weight is 361 g/mol. The van der Waals surface area contributed by atoms with Crippen LogP contribution in [-0.4, -0.2) is 46.3 Å². The zero-order valence-corrected chi connectivity index (χ0v) is 15.6. The van der Waals surface area contributed by atoms with Crippen LogP contribution in [0.1, 0.15) is 41.4 Å². The van der Waals surface area contributed by atoms with Crippen LogP contribution in [0.4, 0.5) is 0 Å². The van der Waals surface area contributed by atoms with Crippen molar-refractivity contribution >= 4 is 17.5 Å². The lowest BCUT2D eigenvalue weighted by atomic mass is 10.2. The van der Waals surface area contributed by atoms with Crippen molar-refractivity contribution in [3.8, 4) is 0 Å². The molecule has 1 atom stereocenters. The van der Waals surface area contributed by atoms with Gasteiger partial charge >= 0.3 is 0 Å². The maximum atomic E-state index is 12.6. The molecule has 1 aromatic carbocycles. The maximum Gasteiger partial charge on any atom is 0.256 e. The van der Waals surface area contributed by atoms with E-state index in [0.29, 0.717) is 35.5 Å². The lowest BCUT2D eigenvalue weighted by Gasteiger charge is -2.22. The molecule has 0 bridgehead atoms. The Kier molecular flexibility index (Phi) is 5.76. The van der Waals surface area contributed by atoms with Gasteiger partial charge < -0.3 is 5.32 Å². The smallest absolute Gasteiger partial charge is 0.256 e. The minimum atomic E-state index is -0.134. The molecule has 2 heterocycles. The van der Waals surface area contributed by atoms with Gasteiger partial charge in [0.25, 0.3) is 5.91 Å². The molecule has 6 heteroatoms. The summed E-state index contributed by atoms with van der Waals surface area (Å²) in [7, 11) is 0. The van der Waals surface area contributed by atoms with E-state index in [9.17, 15) is 4.79 Å². The van der Waals surface area contributed by atoms with Crippen molar-refractivity contribution in [3.05, 3.63) is 52.3 Å². The van der Waals surface area contributed by atoms with Crippen LogP contribution in [0.2, 0.25) is 5.15 Å². The van der Waals surface area contributed by atoms with Crippen LogP contribution in [0, 0.1) is 6.92 Å². The monoisotopic (exact) mass is 360 g/mol. The van der Waals surface area contributed by atoms with E-state index in [1.54, 1.807) is 4.68 Å². The van der Waals surface area contributed by atoms with Crippen molar-refractivity contribution in [2.75, 3.05) is 19.6 Å². The molecule has 1 amide bonds. The quantitative estimate of drug-likeness (QED) is 0.861. The summed E-state index contributed by atoms with van der Waals surface area (Å²) < 4.78 is 1.69. The number of aryl methyl sites for hydroxylation is 1. The van der Waals surface area contributed by atoms with Crippen molar-refractivity contribution in [1.82, 2.24) is 20.0 Å². The number of benzene rings is 1. The largest absolute Gasteiger partial charge is 0.350 e. The zero-order chi connectivity index (χ0) is 17.8. The molecule has 1 saturated heterocycles. The van der Waals surface area contributed by atoms with Crippen molar-refractivity contribution in [2.24, 2.45) is 0 Å². The number of likely N-dealkylation sites (tertiary alicyclic amines) is 1. The summed E-state index contributed by atoms with van der Waals surface area (Å²) in [5.41, 5.74) is 2.25. The first-order valence-electron chi connectivity index (χ1n) is 8.89. The molecule has 1 aromatic heterocycles. The Balaban J connectivity index is 1.68. The molecule has 5 nitrogen and oxygen atoms in total. The van der Waals surface area contributed by atoms with E-state index in [4.69, 9.17) is 11.6 Å². The lowest BCUT2D eigenvalue weighted by molar-refractivity contribution is 0.0941. The third kappa shape index (κ3) is 4.05. The Morgan fingerprint density at radius 3 is 2.84 bits per heavy atom. The molecule has 134 valence electrons. The van der Waals surface area contributed by atoms with Crippen LogP contribution in [0.15, 0.2) is 30.3 Å². The van der Waals surface area contributed by atoms with Crippen LogP contribution >= 0.6 is 11.6 Å². The normalized spacial score (nSPS) is 17.8. The molecular weight excluding hydrogens is 336 g/mol. The van der Waals surface area contributed by atoms with Gasteiger partial charge in [-0.05, 0) is 38.4 Å². The van der Waals surface area contributed by atoms with Gasteiger partial charge in [0.2, 0.25) is 0 Å². The number of hydrogen-bond acceptors (Lipinski definition) is 3. The van der Waals surface area contributed by atoms with Crippen molar-refractivity contribution in [1.29, 1.82) is 0 Å². The minimum absolute atomic E-state index is 0.134. The van der Waals surface area contributed by atoms with Crippen LogP contribution in [0.25, 0.3) is 0 Å². The van der Waals surface area contributed by atoms with E-state index >= 15 is 0 Å². The van der Waals surface area contributed by atoms with E-state index in [-0.39, 0.29) is 5.91 Å². The number of amides is 1. The van der Waals surface area contributed by atoms with Crippen LogP contribution < -0.4 is 5.32 Å². The van der Waals surface area contributed by atoms with Gasteiger partial charge in [0.1, 0.15) is 5.15 Å². The van der Waals surface area contributed by atoms with Gasteiger partial charge in [-0.3, -0.25) is 9.69 Å². The lowest BCUT2D eigenvalue weighted by Crippen LogP contribution is -2.40. The number of nitrogens with zero attached hydrogens (tertiary/aromatic N) is 3. The summed E-state index contributed by atoms with van der Waals surface area (Å²) in [5, 5.41) is 7.90. The number of carbonyl (C=O) groups is 1. The fourth-order valence-corrected chi connectivity index (χ4v) is 3.83. The number of halogens is 1. The highest BCUT2D eigenvalue weighted by atomic mass is 35.5. The molecule has 0 aliphatic carbocycles. The van der Waals surface area contributed by atoms with Gasteiger partial charge in [-0.25, -0.2) is 4.68 Å². The molecule has 1 fully saturated rings. The van der Waals surface area contributed by atoms with Crippen molar-refractivity contribution < 1.29 is 4.79 Å². The molecule has 25 heavy (non-hydrogen) atoms. The van der Waals surface area contributed by atoms with Crippen LogP contribution in [0.5, 0.6) is 0 Å². The van der Waals surface area contributed by atoms with Gasteiger partial charge in [-0.2, -0.15) is 5.10 Å². The summed E-state index contributed by atoms with van der Waals surface area (Å²) in [6.45, 7) is 7.35. The molecule has 1 unspecified atom stereocenters. The topological polar surface area (TPSA) is 50.2 Å². The fourth-order valence-electron chi connectivity index (χ4n) is 3.51. The van der Waals surface area contributed by atoms with Crippen molar-refractivity contribution in [3.63, 3.8) is 0 Å². The molecule has 0 saturated carbocycles. The van der Waals surface area contributed by atoms with Gasteiger partial charge in [-0.1, -0.05) is 48.9 Å². The second-order valence-electron chi connectivity index (χ2n) is 6.53. The first-order valence-corrected chi connectivity index (χ1v) is 9.27. The van der Waals surface area contributed by atoms with Crippen LogP contribution in [-0.2, 0) is 6.54 Å². The summed E-state index contributed by atoms with van der Waals surface area (Å²) in [5.74, 6) is -0.134. The number of nitrogens with one attached hydrogen (secondary N) is 1. The molecule has 1 aliphatic heterocycles. The average Bonchev–Trinajstić information content (AvgIpc) is 3.18. The third-order valence-electron chi connectivity index (χ3n) is 4.87. The molecule has 0 spiro atoms. The molecule has 2 aromatic rings. The standard InChI is InChI=1S/C19H25ClN4O/c1-3-23-11-7-10-16(23)12-21-19(25)17-14(2)22-24(18(17)20)13-15-8-5-4-6-9-15/h4-6,8-9,16H,3,7,10-13H2,1-2H3,(H,21,25). The molecular formula is C19H25ClN4O. The number of likely N-dealkylation sites (N-methyl/N-ethyl adjacent to an activating group) is 1. The SMILES string of the molecule is CCN1CCCC1CNC(=O)c1c(C)nn(Cc2ccccc2)c1Cl. The summed E-state index contributed by atoms with van der Waals surface area (Å²) in [4.78, 5) is 15.0. The number of rotatable bonds is 6. The van der Waals surface area contributed by atoms with Crippen molar-refractivity contribution in [2.45, 2.75) is 39.3 Å². The maximum absolute atomic E-state index is 12.6. The minimum Gasteiger partial charge on any atom is -0.350 e. The first kappa shape index (κ1) is 18.0. The Bertz CT molecular complexity index is 729. The Labute approximate surface area is 154 Å². The highest BCUT2D eigenvalue weighted by Crippen LogP contribution is 2.21. The molecule has 3 rings (SSSR count). The van der Waals surface area contributed by atoms with E-state index in [0.717, 1.165) is 25.1 Å². The Morgan fingerprint density at radius 2 is 2.12 bits per heavy atom. The summed E-state index contributed by atoms with van der Waals surface area (Å²) in [6.07, 6.45) is 2.33. The number of carbonyl (C=O) groups excluding carboxylic acids is 1. The summed E-state index contributed by atoms with van der Waals surface area (Å²) in [6, 6.07) is 10.4. The van der Waals surface area contributed by atoms with Gasteiger partial charge in [0.15, 0.2) is 0 Å².